The normalized spacial score (nSPS) is 11.6. The number of hydrogen-bond donors (Lipinski definition) is 3. The lowest BCUT2D eigenvalue weighted by atomic mass is 9.74. The molecule has 0 unspecified atom stereocenters. The van der Waals surface area contributed by atoms with Crippen molar-refractivity contribution in [3.63, 3.8) is 0 Å². The SMILES string of the molecule is CCOC(=O)C(CCCCO)(CCCCO)CCCCO. The second-order valence-corrected chi connectivity index (χ2v) is 5.54. The molecule has 5 nitrogen and oxygen atoms in total. The fourth-order valence-electron chi connectivity index (χ4n) is 2.69. The van der Waals surface area contributed by atoms with Crippen LogP contribution < -0.4 is 0 Å². The van der Waals surface area contributed by atoms with Crippen molar-refractivity contribution in [2.24, 2.45) is 5.41 Å². The van der Waals surface area contributed by atoms with E-state index < -0.39 is 5.41 Å². The maximum atomic E-state index is 12.4. The molecule has 0 aliphatic rings. The van der Waals surface area contributed by atoms with Gasteiger partial charge in [0, 0.05) is 19.8 Å². The second-order valence-electron chi connectivity index (χ2n) is 5.54. The molecule has 0 heterocycles. The summed E-state index contributed by atoms with van der Waals surface area (Å²) in [6.45, 7) is 2.56. The molecule has 0 fully saturated rings. The predicted octanol–water partition coefficient (Wildman–Crippen LogP) is 2.02. The van der Waals surface area contributed by atoms with Crippen molar-refractivity contribution in [2.75, 3.05) is 26.4 Å². The third kappa shape index (κ3) is 8.39. The number of aliphatic hydroxyl groups is 3. The maximum Gasteiger partial charge on any atom is 0.312 e. The van der Waals surface area contributed by atoms with Crippen molar-refractivity contribution in [3.05, 3.63) is 0 Å². The van der Waals surface area contributed by atoms with Crippen LogP contribution in [0.15, 0.2) is 0 Å². The van der Waals surface area contributed by atoms with Crippen LogP contribution in [-0.4, -0.2) is 47.7 Å². The van der Waals surface area contributed by atoms with Gasteiger partial charge in [0.15, 0.2) is 0 Å². The minimum atomic E-state index is -0.532. The highest BCUT2D eigenvalue weighted by Crippen LogP contribution is 2.38. The molecule has 0 atom stereocenters. The number of unbranched alkanes of at least 4 members (excludes halogenated alkanes) is 3. The minimum absolute atomic E-state index is 0.131. The molecule has 0 spiro atoms. The fourth-order valence-corrected chi connectivity index (χ4v) is 2.69. The van der Waals surface area contributed by atoms with Gasteiger partial charge in [-0.25, -0.2) is 0 Å². The van der Waals surface area contributed by atoms with Crippen molar-refractivity contribution in [1.29, 1.82) is 0 Å². The van der Waals surface area contributed by atoms with Crippen LogP contribution in [0.25, 0.3) is 0 Å². The van der Waals surface area contributed by atoms with Crippen LogP contribution in [0.2, 0.25) is 0 Å². The highest BCUT2D eigenvalue weighted by Gasteiger charge is 2.38. The van der Waals surface area contributed by atoms with Gasteiger partial charge in [0.2, 0.25) is 0 Å². The number of carbonyl (C=O) groups excluding carboxylic acids is 1. The number of ether oxygens (including phenoxy) is 1. The molecule has 0 aromatic rings. The largest absolute Gasteiger partial charge is 0.466 e. The quantitative estimate of drug-likeness (QED) is 0.337. The Kier molecular flexibility index (Phi) is 12.6. The third-order valence-corrected chi connectivity index (χ3v) is 3.90. The number of aliphatic hydroxyl groups excluding tert-OH is 3. The molecule has 0 rings (SSSR count). The maximum absolute atomic E-state index is 12.4. The number of hydrogen-bond acceptors (Lipinski definition) is 5. The molecule has 5 heteroatoms. The number of carbonyl (C=O) groups is 1. The molecule has 0 radical (unpaired) electrons. The second kappa shape index (κ2) is 13.0. The standard InChI is InChI=1S/C16H32O5/c1-2-21-15(20)16(9-3-6-12-17,10-4-7-13-18)11-5-8-14-19/h17-19H,2-14H2,1H3. The molecular weight excluding hydrogens is 272 g/mol. The Hall–Kier alpha value is -0.650. The van der Waals surface area contributed by atoms with Gasteiger partial charge in [0.1, 0.15) is 0 Å². The van der Waals surface area contributed by atoms with Gasteiger partial charge in [-0.3, -0.25) is 4.79 Å². The highest BCUT2D eigenvalue weighted by atomic mass is 16.5. The summed E-state index contributed by atoms with van der Waals surface area (Å²) < 4.78 is 5.27. The van der Waals surface area contributed by atoms with Crippen molar-refractivity contribution < 1.29 is 24.9 Å². The average Bonchev–Trinajstić information content (AvgIpc) is 2.47. The van der Waals surface area contributed by atoms with E-state index in [9.17, 15) is 4.79 Å². The molecule has 0 saturated heterocycles. The number of esters is 1. The molecule has 126 valence electrons. The van der Waals surface area contributed by atoms with Gasteiger partial charge in [-0.2, -0.15) is 0 Å². The number of rotatable bonds is 14. The fraction of sp³-hybridized carbons (Fsp3) is 0.938. The zero-order valence-corrected chi connectivity index (χ0v) is 13.4. The Labute approximate surface area is 128 Å². The predicted molar refractivity (Wildman–Crippen MR) is 81.9 cm³/mol. The van der Waals surface area contributed by atoms with E-state index in [4.69, 9.17) is 20.1 Å². The molecule has 0 aromatic heterocycles. The van der Waals surface area contributed by atoms with Crippen LogP contribution in [0.4, 0.5) is 0 Å². The van der Waals surface area contributed by atoms with Crippen LogP contribution in [0.1, 0.15) is 64.7 Å². The summed E-state index contributed by atoms with van der Waals surface area (Å²) in [5, 5.41) is 26.9. The zero-order valence-electron chi connectivity index (χ0n) is 13.4. The lowest BCUT2D eigenvalue weighted by Gasteiger charge is -2.32. The van der Waals surface area contributed by atoms with E-state index in [2.05, 4.69) is 0 Å². The first-order chi connectivity index (χ1) is 10.2. The van der Waals surface area contributed by atoms with E-state index >= 15 is 0 Å². The van der Waals surface area contributed by atoms with Gasteiger partial charge in [-0.05, 0) is 45.4 Å². The Morgan fingerprint density at radius 1 is 0.810 bits per heavy atom. The van der Waals surface area contributed by atoms with Crippen LogP contribution in [0, 0.1) is 5.41 Å². The molecule has 0 aromatic carbocycles. The van der Waals surface area contributed by atoms with E-state index in [1.165, 1.54) is 0 Å². The summed E-state index contributed by atoms with van der Waals surface area (Å²) in [6, 6.07) is 0. The molecular formula is C16H32O5. The van der Waals surface area contributed by atoms with Crippen molar-refractivity contribution in [1.82, 2.24) is 0 Å². The van der Waals surface area contributed by atoms with Crippen molar-refractivity contribution in [2.45, 2.75) is 64.7 Å². The van der Waals surface area contributed by atoms with Gasteiger partial charge in [0.25, 0.3) is 0 Å². The van der Waals surface area contributed by atoms with Crippen molar-refractivity contribution in [3.8, 4) is 0 Å². The van der Waals surface area contributed by atoms with E-state index in [1.807, 2.05) is 0 Å². The van der Waals surface area contributed by atoms with E-state index in [1.54, 1.807) is 6.92 Å². The van der Waals surface area contributed by atoms with Gasteiger partial charge < -0.3 is 20.1 Å². The van der Waals surface area contributed by atoms with Crippen LogP contribution in [0.3, 0.4) is 0 Å². The molecule has 3 N–H and O–H groups in total. The van der Waals surface area contributed by atoms with Gasteiger partial charge in [-0.15, -0.1) is 0 Å². The van der Waals surface area contributed by atoms with E-state index in [0.717, 1.165) is 19.3 Å². The Morgan fingerprint density at radius 2 is 1.19 bits per heavy atom. The van der Waals surface area contributed by atoms with Crippen LogP contribution in [-0.2, 0) is 9.53 Å². The van der Waals surface area contributed by atoms with Gasteiger partial charge >= 0.3 is 5.97 Å². The monoisotopic (exact) mass is 304 g/mol. The van der Waals surface area contributed by atoms with E-state index in [0.29, 0.717) is 45.1 Å². The van der Waals surface area contributed by atoms with Gasteiger partial charge in [0.05, 0.1) is 12.0 Å². The molecule has 0 saturated carbocycles. The summed E-state index contributed by atoms with van der Waals surface area (Å²) in [4.78, 5) is 12.4. The smallest absolute Gasteiger partial charge is 0.312 e. The summed E-state index contributed by atoms with van der Waals surface area (Å²) in [7, 11) is 0. The van der Waals surface area contributed by atoms with E-state index in [-0.39, 0.29) is 25.8 Å². The van der Waals surface area contributed by atoms with Crippen LogP contribution in [0.5, 0.6) is 0 Å². The summed E-state index contributed by atoms with van der Waals surface area (Å²) >= 11 is 0. The Balaban J connectivity index is 4.82. The summed E-state index contributed by atoms with van der Waals surface area (Å²) in [6.07, 6.45) is 6.49. The lowest BCUT2D eigenvalue weighted by molar-refractivity contribution is -0.157. The summed E-state index contributed by atoms with van der Waals surface area (Å²) in [5.74, 6) is -0.168. The molecule has 0 amide bonds. The Morgan fingerprint density at radius 3 is 1.48 bits per heavy atom. The summed E-state index contributed by atoms with van der Waals surface area (Å²) in [5.41, 5.74) is -0.532. The minimum Gasteiger partial charge on any atom is -0.466 e. The Bertz CT molecular complexity index is 229. The lowest BCUT2D eigenvalue weighted by Crippen LogP contribution is -2.33. The molecule has 0 aliphatic heterocycles. The third-order valence-electron chi connectivity index (χ3n) is 3.90. The zero-order chi connectivity index (χ0) is 16.0. The molecule has 21 heavy (non-hydrogen) atoms. The first-order valence-electron chi connectivity index (χ1n) is 8.16. The van der Waals surface area contributed by atoms with Crippen molar-refractivity contribution >= 4 is 5.97 Å². The average molecular weight is 304 g/mol. The van der Waals surface area contributed by atoms with Crippen LogP contribution >= 0.6 is 0 Å². The molecule has 0 aliphatic carbocycles. The van der Waals surface area contributed by atoms with Gasteiger partial charge in [-0.1, -0.05) is 19.3 Å². The topological polar surface area (TPSA) is 87.0 Å². The first-order valence-corrected chi connectivity index (χ1v) is 8.16. The molecule has 0 bridgehead atoms. The first kappa shape index (κ1) is 20.3. The highest BCUT2D eigenvalue weighted by molar-refractivity contribution is 5.76.